The van der Waals surface area contributed by atoms with Crippen molar-refractivity contribution in [2.45, 2.75) is 76.8 Å². The van der Waals surface area contributed by atoms with Crippen LogP contribution in [0.15, 0.2) is 0 Å². The standard InChI is InChI=1S/C19H28N4O2/c24-18(20-12-16-14-8-4-9-15(14)21-22-16)17-10-5-11-23(17)19(25)13-6-2-1-3-7-13/h13,17H,1-12H2,(H,20,24)(H,21,22)/t17-/m0/s1. The number of H-pyrrole nitrogens is 1. The summed E-state index contributed by atoms with van der Waals surface area (Å²) in [6, 6.07) is -0.290. The molecule has 0 radical (unpaired) electrons. The van der Waals surface area contributed by atoms with Crippen molar-refractivity contribution in [2.24, 2.45) is 5.92 Å². The molecule has 1 atom stereocenters. The largest absolute Gasteiger partial charge is 0.349 e. The summed E-state index contributed by atoms with van der Waals surface area (Å²) in [7, 11) is 0. The van der Waals surface area contributed by atoms with Gasteiger partial charge in [-0.1, -0.05) is 19.3 Å². The van der Waals surface area contributed by atoms with E-state index < -0.39 is 0 Å². The van der Waals surface area contributed by atoms with E-state index in [-0.39, 0.29) is 23.8 Å². The summed E-state index contributed by atoms with van der Waals surface area (Å²) in [4.78, 5) is 27.4. The van der Waals surface area contributed by atoms with E-state index in [0.29, 0.717) is 6.54 Å². The van der Waals surface area contributed by atoms with Gasteiger partial charge in [0.15, 0.2) is 0 Å². The lowest BCUT2D eigenvalue weighted by molar-refractivity contribution is -0.142. The van der Waals surface area contributed by atoms with Gasteiger partial charge in [0.2, 0.25) is 11.8 Å². The van der Waals surface area contributed by atoms with E-state index in [1.165, 1.54) is 17.7 Å². The highest BCUT2D eigenvalue weighted by molar-refractivity contribution is 5.89. The smallest absolute Gasteiger partial charge is 0.243 e. The lowest BCUT2D eigenvalue weighted by Gasteiger charge is -2.30. The van der Waals surface area contributed by atoms with Crippen molar-refractivity contribution >= 4 is 11.8 Å². The fourth-order valence-corrected chi connectivity index (χ4v) is 4.71. The summed E-state index contributed by atoms with van der Waals surface area (Å²) in [5.41, 5.74) is 3.46. The van der Waals surface area contributed by atoms with Crippen LogP contribution in [0.5, 0.6) is 0 Å². The van der Waals surface area contributed by atoms with Crippen molar-refractivity contribution in [3.63, 3.8) is 0 Å². The normalized spacial score (nSPS) is 23.7. The lowest BCUT2D eigenvalue weighted by Crippen LogP contribution is -2.48. The Hall–Kier alpha value is -1.85. The van der Waals surface area contributed by atoms with Gasteiger partial charge in [-0.25, -0.2) is 0 Å². The third-order valence-corrected chi connectivity index (χ3v) is 6.12. The second-order valence-corrected chi connectivity index (χ2v) is 7.72. The number of carbonyl (C=O) groups is 2. The summed E-state index contributed by atoms with van der Waals surface area (Å²) < 4.78 is 0. The molecule has 2 N–H and O–H groups in total. The number of aromatic amines is 1. The lowest BCUT2D eigenvalue weighted by atomic mass is 9.88. The molecular formula is C19H28N4O2. The van der Waals surface area contributed by atoms with Crippen molar-refractivity contribution < 1.29 is 9.59 Å². The van der Waals surface area contributed by atoms with Crippen LogP contribution in [0.3, 0.4) is 0 Å². The SMILES string of the molecule is O=C(NCc1n[nH]c2c1CCC2)[C@@H]1CCCN1C(=O)C1CCCCC1. The van der Waals surface area contributed by atoms with Crippen molar-refractivity contribution in [1.29, 1.82) is 0 Å². The molecule has 2 heterocycles. The molecule has 0 bridgehead atoms. The Morgan fingerprint density at radius 3 is 2.76 bits per heavy atom. The van der Waals surface area contributed by atoms with Gasteiger partial charge in [0, 0.05) is 18.2 Å². The third kappa shape index (κ3) is 3.31. The molecule has 4 rings (SSSR count). The summed E-state index contributed by atoms with van der Waals surface area (Å²) >= 11 is 0. The first-order valence-corrected chi connectivity index (χ1v) is 9.87. The second-order valence-electron chi connectivity index (χ2n) is 7.72. The van der Waals surface area contributed by atoms with E-state index in [1.54, 1.807) is 0 Å². The summed E-state index contributed by atoms with van der Waals surface area (Å²) in [5, 5.41) is 10.5. The Labute approximate surface area is 148 Å². The van der Waals surface area contributed by atoms with Gasteiger partial charge in [-0.2, -0.15) is 5.10 Å². The van der Waals surface area contributed by atoms with Crippen molar-refractivity contribution in [3.05, 3.63) is 17.0 Å². The second kappa shape index (κ2) is 7.18. The molecule has 25 heavy (non-hydrogen) atoms. The van der Waals surface area contributed by atoms with Crippen LogP contribution < -0.4 is 5.32 Å². The van der Waals surface area contributed by atoms with Crippen LogP contribution in [0, 0.1) is 5.92 Å². The van der Waals surface area contributed by atoms with Crippen LogP contribution in [-0.2, 0) is 29.0 Å². The Morgan fingerprint density at radius 2 is 1.92 bits per heavy atom. The molecule has 3 aliphatic rings. The van der Waals surface area contributed by atoms with Gasteiger partial charge in [-0.05, 0) is 50.5 Å². The molecule has 136 valence electrons. The fourth-order valence-electron chi connectivity index (χ4n) is 4.71. The van der Waals surface area contributed by atoms with Crippen molar-refractivity contribution in [2.75, 3.05) is 6.54 Å². The highest BCUT2D eigenvalue weighted by Crippen LogP contribution is 2.29. The van der Waals surface area contributed by atoms with Gasteiger partial charge in [-0.3, -0.25) is 14.7 Å². The monoisotopic (exact) mass is 344 g/mol. The number of aromatic nitrogens is 2. The molecule has 0 spiro atoms. The highest BCUT2D eigenvalue weighted by atomic mass is 16.2. The van der Waals surface area contributed by atoms with Crippen molar-refractivity contribution in [1.82, 2.24) is 20.4 Å². The molecule has 2 amide bonds. The van der Waals surface area contributed by atoms with Gasteiger partial charge in [-0.15, -0.1) is 0 Å². The van der Waals surface area contributed by atoms with Crippen LogP contribution >= 0.6 is 0 Å². The van der Waals surface area contributed by atoms with Crippen LogP contribution in [0.4, 0.5) is 0 Å². The number of hydrogen-bond donors (Lipinski definition) is 2. The molecule has 0 unspecified atom stereocenters. The first kappa shape index (κ1) is 16.6. The first-order valence-electron chi connectivity index (χ1n) is 9.87. The molecule has 2 fully saturated rings. The number of nitrogens with zero attached hydrogens (tertiary/aromatic N) is 2. The van der Waals surface area contributed by atoms with E-state index in [9.17, 15) is 9.59 Å². The molecule has 1 saturated carbocycles. The number of hydrogen-bond acceptors (Lipinski definition) is 3. The molecule has 1 saturated heterocycles. The zero-order valence-corrected chi connectivity index (χ0v) is 14.9. The molecule has 0 aromatic carbocycles. The molecular weight excluding hydrogens is 316 g/mol. The van der Waals surface area contributed by atoms with Gasteiger partial charge < -0.3 is 10.2 Å². The number of nitrogens with one attached hydrogen (secondary N) is 2. The number of carbonyl (C=O) groups excluding carboxylic acids is 2. The maximum atomic E-state index is 12.8. The molecule has 2 aliphatic carbocycles. The quantitative estimate of drug-likeness (QED) is 0.878. The topological polar surface area (TPSA) is 78.1 Å². The van der Waals surface area contributed by atoms with Gasteiger partial charge >= 0.3 is 0 Å². The number of rotatable bonds is 4. The van der Waals surface area contributed by atoms with E-state index in [1.807, 2.05) is 4.90 Å². The number of amides is 2. The van der Waals surface area contributed by atoms with E-state index in [2.05, 4.69) is 15.5 Å². The predicted molar refractivity (Wildman–Crippen MR) is 93.8 cm³/mol. The molecule has 1 aliphatic heterocycles. The molecule has 6 heteroatoms. The molecule has 1 aromatic rings. The first-order chi connectivity index (χ1) is 12.2. The predicted octanol–water partition coefficient (Wildman–Crippen LogP) is 2.09. The average molecular weight is 344 g/mol. The van der Waals surface area contributed by atoms with Gasteiger partial charge in [0.05, 0.1) is 12.2 Å². The van der Waals surface area contributed by atoms with Crippen LogP contribution in [0.25, 0.3) is 0 Å². The summed E-state index contributed by atoms with van der Waals surface area (Å²) in [6.07, 6.45) is 10.5. The maximum Gasteiger partial charge on any atom is 0.243 e. The number of aryl methyl sites for hydroxylation is 1. The fraction of sp³-hybridized carbons (Fsp3) is 0.737. The minimum atomic E-state index is -0.290. The summed E-state index contributed by atoms with van der Waals surface area (Å²) in [6.45, 7) is 1.19. The van der Waals surface area contributed by atoms with E-state index >= 15 is 0 Å². The number of likely N-dealkylation sites (tertiary alicyclic amines) is 1. The van der Waals surface area contributed by atoms with Crippen LogP contribution in [0.2, 0.25) is 0 Å². The molecule has 1 aromatic heterocycles. The third-order valence-electron chi connectivity index (χ3n) is 6.12. The average Bonchev–Trinajstić information content (AvgIpc) is 3.36. The minimum absolute atomic E-state index is 0.0172. The van der Waals surface area contributed by atoms with Crippen LogP contribution in [0.1, 0.15) is 68.3 Å². The zero-order valence-electron chi connectivity index (χ0n) is 14.9. The highest BCUT2D eigenvalue weighted by Gasteiger charge is 2.37. The Balaban J connectivity index is 1.36. The molecule has 6 nitrogen and oxygen atoms in total. The van der Waals surface area contributed by atoms with Gasteiger partial charge in [0.25, 0.3) is 0 Å². The summed E-state index contributed by atoms with van der Waals surface area (Å²) in [5.74, 6) is 0.325. The Morgan fingerprint density at radius 1 is 1.08 bits per heavy atom. The van der Waals surface area contributed by atoms with Gasteiger partial charge in [0.1, 0.15) is 6.04 Å². The zero-order chi connectivity index (χ0) is 17.2. The van der Waals surface area contributed by atoms with Crippen LogP contribution in [-0.4, -0.2) is 39.5 Å². The minimum Gasteiger partial charge on any atom is -0.349 e. The number of fused-ring (bicyclic) bond motifs is 1. The Kier molecular flexibility index (Phi) is 4.77. The van der Waals surface area contributed by atoms with E-state index in [0.717, 1.165) is 70.0 Å². The Bertz CT molecular complexity index is 648. The maximum absolute atomic E-state index is 12.8. The van der Waals surface area contributed by atoms with Crippen molar-refractivity contribution in [3.8, 4) is 0 Å². The van der Waals surface area contributed by atoms with E-state index in [4.69, 9.17) is 0 Å².